The highest BCUT2D eigenvalue weighted by atomic mass is 19.4. The van der Waals surface area contributed by atoms with Gasteiger partial charge in [-0.3, -0.25) is 9.59 Å². The van der Waals surface area contributed by atoms with Crippen molar-refractivity contribution >= 4 is 17.5 Å². The first kappa shape index (κ1) is 34.2. The Morgan fingerprint density at radius 3 is 2.54 bits per heavy atom. The molecule has 0 saturated carbocycles. The summed E-state index contributed by atoms with van der Waals surface area (Å²) in [6.45, 7) is 4.90. The number of carbonyl (C=O) groups is 2. The molecule has 0 aliphatic carbocycles. The molecule has 0 spiro atoms. The number of rotatable bonds is 10. The number of amides is 2. The van der Waals surface area contributed by atoms with Gasteiger partial charge in [0, 0.05) is 56.1 Å². The number of halogens is 4. The molecule has 0 bridgehead atoms. The fourth-order valence-electron chi connectivity index (χ4n) is 5.47. The van der Waals surface area contributed by atoms with Crippen LogP contribution in [0.3, 0.4) is 0 Å². The molecule has 2 amide bonds. The maximum atomic E-state index is 16.5. The number of anilines is 1. The van der Waals surface area contributed by atoms with Gasteiger partial charge in [0.15, 0.2) is 0 Å². The fraction of sp³-hybridized carbons (Fsp3) is 0.394. The molecule has 1 aliphatic heterocycles. The number of carbonyl (C=O) groups excluding carboxylic acids is 2. The molecule has 1 fully saturated rings. The second-order valence-electron chi connectivity index (χ2n) is 11.0. The van der Waals surface area contributed by atoms with Gasteiger partial charge in [0.1, 0.15) is 5.82 Å². The van der Waals surface area contributed by atoms with Gasteiger partial charge >= 0.3 is 6.18 Å². The standard InChI is InChI=1S/C33H36F4N6O3/c1-5-22-20-42(32(45)25-10-9-21(19-38)18-26(25)33(35,36)37)16-17-43(22)27-12-11-23(24-8-7-13-40-31(24)46-6-2)29(34)28(27)30(44)39-14-15-41(3)4/h7-13,18,22H,5-6,14-17,20H2,1-4H3,(H,39,44)/t22-/m1/s1. The third-order valence-corrected chi connectivity index (χ3v) is 7.77. The van der Waals surface area contributed by atoms with E-state index in [2.05, 4.69) is 10.3 Å². The summed E-state index contributed by atoms with van der Waals surface area (Å²) in [4.78, 5) is 36.3. The van der Waals surface area contributed by atoms with Crippen LogP contribution >= 0.6 is 0 Å². The van der Waals surface area contributed by atoms with Gasteiger partial charge < -0.3 is 24.8 Å². The zero-order valence-corrected chi connectivity index (χ0v) is 26.1. The summed E-state index contributed by atoms with van der Waals surface area (Å²) in [6.07, 6.45) is -2.86. The van der Waals surface area contributed by atoms with E-state index >= 15 is 4.39 Å². The van der Waals surface area contributed by atoms with Crippen LogP contribution in [0.5, 0.6) is 5.88 Å². The molecular formula is C33H36F4N6O3. The Labute approximate surface area is 265 Å². The first-order chi connectivity index (χ1) is 21.9. The third kappa shape index (κ3) is 7.39. The summed E-state index contributed by atoms with van der Waals surface area (Å²) in [7, 11) is 3.69. The number of aromatic nitrogens is 1. The number of nitrogens with one attached hydrogen (secondary N) is 1. The van der Waals surface area contributed by atoms with E-state index in [4.69, 9.17) is 10.00 Å². The SMILES string of the molecule is CCOc1ncccc1-c1ccc(N2CCN(C(=O)c3ccc(C#N)cc3C(F)(F)F)C[C@H]2CC)c(C(=O)NCCN(C)C)c1F. The lowest BCUT2D eigenvalue weighted by Crippen LogP contribution is -2.55. The highest BCUT2D eigenvalue weighted by Crippen LogP contribution is 2.38. The van der Waals surface area contributed by atoms with Crippen molar-refractivity contribution in [3.63, 3.8) is 0 Å². The molecule has 4 rings (SSSR count). The minimum Gasteiger partial charge on any atom is -0.478 e. The number of benzene rings is 2. The van der Waals surface area contributed by atoms with Crippen molar-refractivity contribution in [2.24, 2.45) is 0 Å². The molecule has 2 aromatic carbocycles. The van der Waals surface area contributed by atoms with Gasteiger partial charge in [-0.2, -0.15) is 18.4 Å². The Hall–Kier alpha value is -4.70. The van der Waals surface area contributed by atoms with E-state index in [1.807, 2.05) is 30.8 Å². The predicted molar refractivity (Wildman–Crippen MR) is 165 cm³/mol. The Kier molecular flexibility index (Phi) is 10.8. The van der Waals surface area contributed by atoms with Crippen LogP contribution in [-0.2, 0) is 6.18 Å². The van der Waals surface area contributed by atoms with Crippen molar-refractivity contribution in [1.82, 2.24) is 20.1 Å². The summed E-state index contributed by atoms with van der Waals surface area (Å²) in [6, 6.07) is 10.6. The largest absolute Gasteiger partial charge is 0.478 e. The van der Waals surface area contributed by atoms with E-state index in [0.29, 0.717) is 36.9 Å². The smallest absolute Gasteiger partial charge is 0.417 e. The van der Waals surface area contributed by atoms with Crippen molar-refractivity contribution in [2.45, 2.75) is 32.5 Å². The molecule has 9 nitrogen and oxygen atoms in total. The number of ether oxygens (including phenoxy) is 1. The maximum Gasteiger partial charge on any atom is 0.417 e. The lowest BCUT2D eigenvalue weighted by Gasteiger charge is -2.43. The molecule has 0 unspecified atom stereocenters. The number of hydrogen-bond acceptors (Lipinski definition) is 7. The van der Waals surface area contributed by atoms with Crippen LogP contribution in [0, 0.1) is 17.1 Å². The van der Waals surface area contributed by atoms with Gasteiger partial charge in [-0.15, -0.1) is 0 Å². The molecular weight excluding hydrogens is 604 g/mol. The predicted octanol–water partition coefficient (Wildman–Crippen LogP) is 5.21. The highest BCUT2D eigenvalue weighted by Gasteiger charge is 2.39. The number of piperazine rings is 1. The zero-order chi connectivity index (χ0) is 33.6. The van der Waals surface area contributed by atoms with Gasteiger partial charge in [0.05, 0.1) is 40.6 Å². The van der Waals surface area contributed by atoms with E-state index in [0.717, 1.165) is 6.07 Å². The van der Waals surface area contributed by atoms with Crippen LogP contribution in [0.2, 0.25) is 0 Å². The van der Waals surface area contributed by atoms with Crippen molar-refractivity contribution in [3.05, 3.63) is 76.7 Å². The normalized spacial score (nSPS) is 15.1. The molecule has 0 radical (unpaired) electrons. The maximum absolute atomic E-state index is 16.5. The van der Waals surface area contributed by atoms with E-state index < -0.39 is 41.0 Å². The average Bonchev–Trinajstić information content (AvgIpc) is 3.03. The van der Waals surface area contributed by atoms with E-state index in [1.54, 1.807) is 37.3 Å². The van der Waals surface area contributed by atoms with Crippen LogP contribution < -0.4 is 15.0 Å². The van der Waals surface area contributed by atoms with Crippen LogP contribution in [-0.4, -0.2) is 86.1 Å². The van der Waals surface area contributed by atoms with Crippen LogP contribution in [0.4, 0.5) is 23.2 Å². The Balaban J connectivity index is 1.72. The van der Waals surface area contributed by atoms with Crippen molar-refractivity contribution < 1.29 is 31.9 Å². The van der Waals surface area contributed by atoms with Gasteiger partial charge in [-0.05, 0) is 69.9 Å². The Bertz CT molecular complexity index is 1620. The monoisotopic (exact) mass is 640 g/mol. The Morgan fingerprint density at radius 1 is 1.13 bits per heavy atom. The molecule has 1 saturated heterocycles. The quantitative estimate of drug-likeness (QED) is 0.304. The average molecular weight is 641 g/mol. The Morgan fingerprint density at radius 2 is 1.89 bits per heavy atom. The summed E-state index contributed by atoms with van der Waals surface area (Å²) in [5.41, 5.74) is -1.31. The van der Waals surface area contributed by atoms with Crippen LogP contribution in [0.15, 0.2) is 48.7 Å². The molecule has 13 heteroatoms. The van der Waals surface area contributed by atoms with E-state index in [9.17, 15) is 22.8 Å². The molecule has 244 valence electrons. The number of hydrogen-bond donors (Lipinski definition) is 1. The molecule has 1 aromatic heterocycles. The topological polar surface area (TPSA) is 102 Å². The number of nitrogens with zero attached hydrogens (tertiary/aromatic N) is 5. The van der Waals surface area contributed by atoms with Crippen LogP contribution in [0.1, 0.15) is 52.1 Å². The molecule has 3 aromatic rings. The van der Waals surface area contributed by atoms with Crippen molar-refractivity contribution in [3.8, 4) is 23.1 Å². The number of likely N-dealkylation sites (N-methyl/N-ethyl adjacent to an activating group) is 1. The molecule has 1 N–H and O–H groups in total. The summed E-state index contributed by atoms with van der Waals surface area (Å²) >= 11 is 0. The zero-order valence-electron chi connectivity index (χ0n) is 26.1. The van der Waals surface area contributed by atoms with Gasteiger partial charge in [0.2, 0.25) is 5.88 Å². The first-order valence-electron chi connectivity index (χ1n) is 14.9. The first-order valence-corrected chi connectivity index (χ1v) is 14.9. The second kappa shape index (κ2) is 14.6. The number of nitriles is 1. The lowest BCUT2D eigenvalue weighted by molar-refractivity contribution is -0.138. The third-order valence-electron chi connectivity index (χ3n) is 7.77. The summed E-state index contributed by atoms with van der Waals surface area (Å²) < 4.78 is 63.7. The van der Waals surface area contributed by atoms with Gasteiger partial charge in [-0.1, -0.05) is 6.92 Å². The fourth-order valence-corrected chi connectivity index (χ4v) is 5.47. The van der Waals surface area contributed by atoms with Crippen molar-refractivity contribution in [2.75, 3.05) is 58.3 Å². The van der Waals surface area contributed by atoms with E-state index in [-0.39, 0.29) is 48.7 Å². The minimum atomic E-state index is -4.84. The highest BCUT2D eigenvalue weighted by molar-refractivity contribution is 6.02. The van der Waals surface area contributed by atoms with Crippen molar-refractivity contribution in [1.29, 1.82) is 5.26 Å². The molecule has 46 heavy (non-hydrogen) atoms. The second-order valence-corrected chi connectivity index (χ2v) is 11.0. The molecule has 1 aliphatic rings. The summed E-state index contributed by atoms with van der Waals surface area (Å²) in [5, 5.41) is 11.9. The number of alkyl halides is 3. The van der Waals surface area contributed by atoms with E-state index in [1.165, 1.54) is 17.2 Å². The van der Waals surface area contributed by atoms with Crippen LogP contribution in [0.25, 0.3) is 11.1 Å². The number of pyridine rings is 1. The lowest BCUT2D eigenvalue weighted by atomic mass is 9.97. The van der Waals surface area contributed by atoms with Gasteiger partial charge in [0.25, 0.3) is 11.8 Å². The van der Waals surface area contributed by atoms with Gasteiger partial charge in [-0.25, -0.2) is 9.37 Å². The minimum absolute atomic E-state index is 0.0226. The molecule has 2 heterocycles. The summed E-state index contributed by atoms with van der Waals surface area (Å²) in [5.74, 6) is -2.00. The molecule has 1 atom stereocenters.